The number of aryl methyl sites for hydroxylation is 1. The van der Waals surface area contributed by atoms with E-state index in [1.54, 1.807) is 13.3 Å². The molecule has 3 nitrogen and oxygen atoms in total. The Morgan fingerprint density at radius 2 is 2.05 bits per heavy atom. The maximum Gasteiger partial charge on any atom is 0.137 e. The monoisotopic (exact) mass is 256 g/mol. The van der Waals surface area contributed by atoms with Crippen LogP contribution in [-0.4, -0.2) is 18.6 Å². The van der Waals surface area contributed by atoms with E-state index < -0.39 is 0 Å². The van der Waals surface area contributed by atoms with Gasteiger partial charge in [-0.15, -0.1) is 0 Å². The number of rotatable bonds is 5. The van der Waals surface area contributed by atoms with Crippen molar-refractivity contribution in [3.05, 3.63) is 59.4 Å². The lowest BCUT2D eigenvalue weighted by Gasteiger charge is -2.19. The van der Waals surface area contributed by atoms with E-state index in [0.29, 0.717) is 0 Å². The number of nitrogens with zero attached hydrogens (tertiary/aromatic N) is 1. The SMILES string of the molecule is CCNC(c1cccc(C)c1)c1cncc(OC)c1. The molecule has 0 aliphatic carbocycles. The first-order valence-corrected chi connectivity index (χ1v) is 6.53. The molecule has 100 valence electrons. The Kier molecular flexibility index (Phi) is 4.53. The predicted octanol–water partition coefficient (Wildman–Crippen LogP) is 3.10. The van der Waals surface area contributed by atoms with Crippen molar-refractivity contribution < 1.29 is 4.74 Å². The van der Waals surface area contributed by atoms with Gasteiger partial charge in [0, 0.05) is 6.20 Å². The fourth-order valence-corrected chi connectivity index (χ4v) is 2.19. The molecule has 0 aliphatic heterocycles. The van der Waals surface area contributed by atoms with Gasteiger partial charge in [0.15, 0.2) is 0 Å². The lowest BCUT2D eigenvalue weighted by Crippen LogP contribution is -2.22. The summed E-state index contributed by atoms with van der Waals surface area (Å²) in [6.45, 7) is 5.11. The largest absolute Gasteiger partial charge is 0.495 e. The Hall–Kier alpha value is -1.87. The predicted molar refractivity (Wildman–Crippen MR) is 77.5 cm³/mol. The summed E-state index contributed by atoms with van der Waals surface area (Å²) < 4.78 is 5.25. The molecule has 0 saturated heterocycles. The van der Waals surface area contributed by atoms with E-state index in [4.69, 9.17) is 4.74 Å². The molecule has 2 rings (SSSR count). The van der Waals surface area contributed by atoms with Crippen LogP contribution in [0, 0.1) is 6.92 Å². The lowest BCUT2D eigenvalue weighted by atomic mass is 9.98. The zero-order valence-electron chi connectivity index (χ0n) is 11.7. The van der Waals surface area contributed by atoms with Crippen molar-refractivity contribution in [3.63, 3.8) is 0 Å². The molecule has 1 unspecified atom stereocenters. The van der Waals surface area contributed by atoms with Crippen LogP contribution >= 0.6 is 0 Å². The minimum atomic E-state index is 0.146. The summed E-state index contributed by atoms with van der Waals surface area (Å²) in [4.78, 5) is 4.24. The Morgan fingerprint density at radius 3 is 2.74 bits per heavy atom. The van der Waals surface area contributed by atoms with Gasteiger partial charge in [-0.25, -0.2) is 0 Å². The Labute approximate surface area is 114 Å². The van der Waals surface area contributed by atoms with Crippen molar-refractivity contribution in [2.45, 2.75) is 19.9 Å². The molecule has 0 fully saturated rings. The van der Waals surface area contributed by atoms with E-state index in [1.165, 1.54) is 11.1 Å². The highest BCUT2D eigenvalue weighted by Gasteiger charge is 2.14. The van der Waals surface area contributed by atoms with Crippen molar-refractivity contribution >= 4 is 0 Å². The van der Waals surface area contributed by atoms with Gasteiger partial charge in [-0.1, -0.05) is 36.8 Å². The van der Waals surface area contributed by atoms with Crippen LogP contribution < -0.4 is 10.1 Å². The molecule has 1 aromatic carbocycles. The summed E-state index contributed by atoms with van der Waals surface area (Å²) in [6, 6.07) is 10.7. The molecule has 0 amide bonds. The highest BCUT2D eigenvalue weighted by atomic mass is 16.5. The molecule has 2 aromatic rings. The third kappa shape index (κ3) is 3.32. The Morgan fingerprint density at radius 1 is 1.21 bits per heavy atom. The number of benzene rings is 1. The minimum absolute atomic E-state index is 0.146. The molecule has 0 spiro atoms. The van der Waals surface area contributed by atoms with Gasteiger partial charge in [0.2, 0.25) is 0 Å². The summed E-state index contributed by atoms with van der Waals surface area (Å²) in [5.41, 5.74) is 3.62. The van der Waals surface area contributed by atoms with Crippen LogP contribution in [0.5, 0.6) is 5.75 Å². The second-order valence-corrected chi connectivity index (χ2v) is 4.56. The molecule has 0 bridgehead atoms. The van der Waals surface area contributed by atoms with Crippen molar-refractivity contribution in [1.29, 1.82) is 0 Å². The average molecular weight is 256 g/mol. The fraction of sp³-hybridized carbons (Fsp3) is 0.312. The second kappa shape index (κ2) is 6.34. The molecular weight excluding hydrogens is 236 g/mol. The zero-order valence-corrected chi connectivity index (χ0v) is 11.7. The van der Waals surface area contributed by atoms with E-state index in [0.717, 1.165) is 17.9 Å². The molecule has 1 heterocycles. The third-order valence-corrected chi connectivity index (χ3v) is 3.09. The first kappa shape index (κ1) is 13.6. The fourth-order valence-electron chi connectivity index (χ4n) is 2.19. The molecule has 19 heavy (non-hydrogen) atoms. The van der Waals surface area contributed by atoms with E-state index >= 15 is 0 Å². The van der Waals surface area contributed by atoms with E-state index in [1.807, 2.05) is 12.3 Å². The Bertz CT molecular complexity index is 540. The van der Waals surface area contributed by atoms with Gasteiger partial charge in [-0.05, 0) is 30.7 Å². The first-order chi connectivity index (χ1) is 9.24. The van der Waals surface area contributed by atoms with Crippen LogP contribution in [0.4, 0.5) is 0 Å². The van der Waals surface area contributed by atoms with Crippen LogP contribution in [0.1, 0.15) is 29.7 Å². The molecule has 1 aromatic heterocycles. The summed E-state index contributed by atoms with van der Waals surface area (Å²) in [6.07, 6.45) is 3.61. The van der Waals surface area contributed by atoms with Gasteiger partial charge >= 0.3 is 0 Å². The van der Waals surface area contributed by atoms with Gasteiger partial charge in [0.05, 0.1) is 19.3 Å². The zero-order chi connectivity index (χ0) is 13.7. The first-order valence-electron chi connectivity index (χ1n) is 6.53. The maximum atomic E-state index is 5.25. The topological polar surface area (TPSA) is 34.2 Å². The number of hydrogen-bond acceptors (Lipinski definition) is 3. The van der Waals surface area contributed by atoms with Gasteiger partial charge < -0.3 is 10.1 Å². The van der Waals surface area contributed by atoms with Gasteiger partial charge in [0.1, 0.15) is 5.75 Å². The molecule has 3 heteroatoms. The molecule has 0 aliphatic rings. The van der Waals surface area contributed by atoms with Crippen LogP contribution in [0.3, 0.4) is 0 Å². The summed E-state index contributed by atoms with van der Waals surface area (Å²) in [5, 5.41) is 3.50. The quantitative estimate of drug-likeness (QED) is 0.892. The highest BCUT2D eigenvalue weighted by molar-refractivity contribution is 5.35. The normalized spacial score (nSPS) is 12.2. The number of hydrogen-bond donors (Lipinski definition) is 1. The van der Waals surface area contributed by atoms with Crippen LogP contribution in [0.15, 0.2) is 42.7 Å². The van der Waals surface area contributed by atoms with Crippen LogP contribution in [-0.2, 0) is 0 Å². The highest BCUT2D eigenvalue weighted by Crippen LogP contribution is 2.24. The van der Waals surface area contributed by atoms with Crippen molar-refractivity contribution in [1.82, 2.24) is 10.3 Å². The maximum absolute atomic E-state index is 5.25. The third-order valence-electron chi connectivity index (χ3n) is 3.09. The van der Waals surface area contributed by atoms with Gasteiger partial charge in [-0.2, -0.15) is 0 Å². The van der Waals surface area contributed by atoms with Crippen molar-refractivity contribution in [2.24, 2.45) is 0 Å². The van der Waals surface area contributed by atoms with E-state index in [2.05, 4.69) is 48.4 Å². The van der Waals surface area contributed by atoms with E-state index in [-0.39, 0.29) is 6.04 Å². The number of pyridine rings is 1. The molecule has 0 saturated carbocycles. The summed E-state index contributed by atoms with van der Waals surface area (Å²) in [7, 11) is 1.66. The van der Waals surface area contributed by atoms with Gasteiger partial charge in [0.25, 0.3) is 0 Å². The Balaban J connectivity index is 2.38. The van der Waals surface area contributed by atoms with E-state index in [9.17, 15) is 0 Å². The van der Waals surface area contributed by atoms with Crippen LogP contribution in [0.25, 0.3) is 0 Å². The number of ether oxygens (including phenoxy) is 1. The van der Waals surface area contributed by atoms with Crippen molar-refractivity contribution in [3.8, 4) is 5.75 Å². The second-order valence-electron chi connectivity index (χ2n) is 4.56. The number of aromatic nitrogens is 1. The van der Waals surface area contributed by atoms with Gasteiger partial charge in [-0.3, -0.25) is 4.98 Å². The minimum Gasteiger partial charge on any atom is -0.495 e. The average Bonchev–Trinajstić information content (AvgIpc) is 2.45. The number of methoxy groups -OCH3 is 1. The molecular formula is C16H20N2O. The number of nitrogens with one attached hydrogen (secondary N) is 1. The van der Waals surface area contributed by atoms with Crippen LogP contribution in [0.2, 0.25) is 0 Å². The molecule has 1 N–H and O–H groups in total. The van der Waals surface area contributed by atoms with Crippen molar-refractivity contribution in [2.75, 3.05) is 13.7 Å². The standard InChI is InChI=1S/C16H20N2O/c1-4-18-16(13-7-5-6-12(2)8-13)14-9-15(19-3)11-17-10-14/h5-11,16,18H,4H2,1-3H3. The lowest BCUT2D eigenvalue weighted by molar-refractivity contribution is 0.411. The smallest absolute Gasteiger partial charge is 0.137 e. The summed E-state index contributed by atoms with van der Waals surface area (Å²) in [5.74, 6) is 0.785. The molecule has 1 atom stereocenters. The molecule has 0 radical (unpaired) electrons. The summed E-state index contributed by atoms with van der Waals surface area (Å²) >= 11 is 0.